The van der Waals surface area contributed by atoms with Gasteiger partial charge in [-0.05, 0) is 55.8 Å². The Morgan fingerprint density at radius 1 is 1.04 bits per heavy atom. The van der Waals surface area contributed by atoms with E-state index in [9.17, 15) is 4.79 Å². The number of aromatic nitrogens is 2. The van der Waals surface area contributed by atoms with Crippen LogP contribution in [0.1, 0.15) is 19.4 Å². The number of fused-ring (bicyclic) bond motifs is 1. The van der Waals surface area contributed by atoms with Crippen LogP contribution in [0, 0.1) is 0 Å². The second kappa shape index (κ2) is 7.08. The topological polar surface area (TPSA) is 61.3 Å². The van der Waals surface area contributed by atoms with E-state index in [4.69, 9.17) is 9.47 Å². The Labute approximate surface area is 140 Å². The highest BCUT2D eigenvalue weighted by molar-refractivity contribution is 5.76. The third-order valence-corrected chi connectivity index (χ3v) is 3.32. The molecule has 3 aromatic rings. The summed E-state index contributed by atoms with van der Waals surface area (Å²) in [5, 5.41) is 0. The summed E-state index contributed by atoms with van der Waals surface area (Å²) < 4.78 is 11.3. The van der Waals surface area contributed by atoms with Crippen LogP contribution >= 0.6 is 0 Å². The zero-order valence-electron chi connectivity index (χ0n) is 13.6. The third-order valence-electron chi connectivity index (χ3n) is 3.32. The van der Waals surface area contributed by atoms with Crippen LogP contribution in [0.3, 0.4) is 0 Å². The lowest BCUT2D eigenvalue weighted by Crippen LogP contribution is -2.05. The molecule has 0 aliphatic carbocycles. The van der Waals surface area contributed by atoms with Gasteiger partial charge >= 0.3 is 0 Å². The van der Waals surface area contributed by atoms with Crippen molar-refractivity contribution in [1.29, 1.82) is 0 Å². The van der Waals surface area contributed by atoms with Gasteiger partial charge in [-0.2, -0.15) is 0 Å². The predicted octanol–water partition coefficient (Wildman–Crippen LogP) is 3.95. The molecule has 0 saturated carbocycles. The van der Waals surface area contributed by atoms with E-state index < -0.39 is 0 Å². The Morgan fingerprint density at radius 2 is 1.79 bits per heavy atom. The third kappa shape index (κ3) is 3.87. The average Bonchev–Trinajstić information content (AvgIpc) is 2.57. The summed E-state index contributed by atoms with van der Waals surface area (Å²) in [7, 11) is 0. The van der Waals surface area contributed by atoms with Crippen molar-refractivity contribution in [1.82, 2.24) is 9.97 Å². The summed E-state index contributed by atoms with van der Waals surface area (Å²) in [4.78, 5) is 19.4. The van der Waals surface area contributed by atoms with Gasteiger partial charge < -0.3 is 14.3 Å². The number of rotatable bonds is 6. The Bertz CT molecular complexity index is 845. The van der Waals surface area contributed by atoms with E-state index in [0.29, 0.717) is 18.1 Å². The van der Waals surface area contributed by atoms with E-state index in [1.165, 1.54) is 0 Å². The number of hydrogen-bond acceptors (Lipinski definition) is 5. The second-order valence-corrected chi connectivity index (χ2v) is 5.64. The summed E-state index contributed by atoms with van der Waals surface area (Å²) >= 11 is 0. The van der Waals surface area contributed by atoms with Crippen LogP contribution in [0.2, 0.25) is 0 Å². The minimum Gasteiger partial charge on any atom is -0.491 e. The zero-order chi connectivity index (χ0) is 16.9. The lowest BCUT2D eigenvalue weighted by atomic mass is 10.1. The molecule has 0 aliphatic rings. The van der Waals surface area contributed by atoms with Crippen molar-refractivity contribution in [3.63, 3.8) is 0 Å². The minimum atomic E-state index is 0.132. The Hall–Kier alpha value is -2.95. The molecule has 0 N–H and O–H groups in total. The van der Waals surface area contributed by atoms with E-state index in [2.05, 4.69) is 9.97 Å². The molecule has 5 heteroatoms. The lowest BCUT2D eigenvalue weighted by molar-refractivity contribution is -0.107. The Balaban J connectivity index is 1.77. The molecule has 0 unspecified atom stereocenters. The molecule has 3 rings (SSSR count). The first-order chi connectivity index (χ1) is 11.6. The molecule has 0 amide bonds. The van der Waals surface area contributed by atoms with E-state index in [1.54, 1.807) is 6.20 Å². The summed E-state index contributed by atoms with van der Waals surface area (Å²) in [6.45, 7) is 3.96. The second-order valence-electron chi connectivity index (χ2n) is 5.64. The molecule has 0 saturated heterocycles. The molecule has 122 valence electrons. The molecule has 24 heavy (non-hydrogen) atoms. The maximum Gasteiger partial charge on any atom is 0.238 e. The standard InChI is InChI=1S/C19H18N2O3/c1-13(2)23-15-4-6-16(7-5-15)24-19-12-20-18-11-14(9-10-22)3-8-17(18)21-19/h3-8,10-13H,9H2,1-2H3. The maximum atomic E-state index is 10.6. The molecular formula is C19H18N2O3. The fraction of sp³-hybridized carbons (Fsp3) is 0.211. The van der Waals surface area contributed by atoms with Gasteiger partial charge in [-0.1, -0.05) is 6.07 Å². The quantitative estimate of drug-likeness (QED) is 0.643. The van der Waals surface area contributed by atoms with Gasteiger partial charge in [0.05, 0.1) is 23.3 Å². The van der Waals surface area contributed by atoms with Crippen LogP contribution in [0.5, 0.6) is 17.4 Å². The SMILES string of the molecule is CC(C)Oc1ccc(Oc2cnc3cc(CC=O)ccc3n2)cc1. The van der Waals surface area contributed by atoms with Crippen molar-refractivity contribution < 1.29 is 14.3 Å². The zero-order valence-corrected chi connectivity index (χ0v) is 13.6. The number of ether oxygens (including phenoxy) is 2. The first-order valence-electron chi connectivity index (χ1n) is 7.78. The molecule has 0 radical (unpaired) electrons. The summed E-state index contributed by atoms with van der Waals surface area (Å²) in [6.07, 6.45) is 2.96. The smallest absolute Gasteiger partial charge is 0.238 e. The highest BCUT2D eigenvalue weighted by Gasteiger charge is 2.05. The van der Waals surface area contributed by atoms with E-state index >= 15 is 0 Å². The molecule has 0 atom stereocenters. The van der Waals surface area contributed by atoms with Crippen LogP contribution in [-0.4, -0.2) is 22.4 Å². The maximum absolute atomic E-state index is 10.6. The van der Waals surface area contributed by atoms with Crippen LogP contribution in [0.15, 0.2) is 48.7 Å². The molecule has 1 heterocycles. The number of nitrogens with zero attached hydrogens (tertiary/aromatic N) is 2. The normalized spacial score (nSPS) is 10.8. The van der Waals surface area contributed by atoms with Crippen LogP contribution in [-0.2, 0) is 11.2 Å². The number of hydrogen-bond donors (Lipinski definition) is 0. The number of aldehydes is 1. The first-order valence-corrected chi connectivity index (χ1v) is 7.78. The van der Waals surface area contributed by atoms with Crippen molar-refractivity contribution in [2.45, 2.75) is 26.4 Å². The molecule has 0 spiro atoms. The molecule has 0 bridgehead atoms. The minimum absolute atomic E-state index is 0.132. The Kier molecular flexibility index (Phi) is 4.70. The molecule has 2 aromatic carbocycles. The van der Waals surface area contributed by atoms with Gasteiger partial charge in [-0.25, -0.2) is 9.97 Å². The van der Waals surface area contributed by atoms with Crippen molar-refractivity contribution >= 4 is 17.3 Å². The van der Waals surface area contributed by atoms with Gasteiger partial charge in [0, 0.05) is 6.42 Å². The van der Waals surface area contributed by atoms with E-state index in [1.807, 2.05) is 56.3 Å². The summed E-state index contributed by atoms with van der Waals surface area (Å²) in [5.41, 5.74) is 2.38. The molecule has 1 aromatic heterocycles. The first kappa shape index (κ1) is 15.9. The molecule has 0 fully saturated rings. The monoisotopic (exact) mass is 322 g/mol. The fourth-order valence-corrected chi connectivity index (χ4v) is 2.29. The lowest BCUT2D eigenvalue weighted by Gasteiger charge is -2.10. The van der Waals surface area contributed by atoms with Crippen LogP contribution in [0.4, 0.5) is 0 Å². The molecular weight excluding hydrogens is 304 g/mol. The highest BCUT2D eigenvalue weighted by atomic mass is 16.5. The number of carbonyl (C=O) groups excluding carboxylic acids is 1. The van der Waals surface area contributed by atoms with Gasteiger partial charge in [0.15, 0.2) is 0 Å². The Morgan fingerprint density at radius 3 is 2.50 bits per heavy atom. The van der Waals surface area contributed by atoms with Crippen LogP contribution < -0.4 is 9.47 Å². The summed E-state index contributed by atoms with van der Waals surface area (Å²) in [6, 6.07) is 12.9. The average molecular weight is 322 g/mol. The van der Waals surface area contributed by atoms with Gasteiger partial charge in [-0.15, -0.1) is 0 Å². The highest BCUT2D eigenvalue weighted by Crippen LogP contribution is 2.24. The summed E-state index contributed by atoms with van der Waals surface area (Å²) in [5.74, 6) is 1.88. The van der Waals surface area contributed by atoms with Gasteiger partial charge in [0.1, 0.15) is 17.8 Å². The van der Waals surface area contributed by atoms with Crippen LogP contribution in [0.25, 0.3) is 11.0 Å². The van der Waals surface area contributed by atoms with Crippen molar-refractivity contribution in [3.05, 3.63) is 54.2 Å². The van der Waals surface area contributed by atoms with Gasteiger partial charge in [-0.3, -0.25) is 0 Å². The molecule has 0 aliphatic heterocycles. The van der Waals surface area contributed by atoms with Crippen molar-refractivity contribution in [3.8, 4) is 17.4 Å². The van der Waals surface area contributed by atoms with Gasteiger partial charge in [0.2, 0.25) is 5.88 Å². The fourth-order valence-electron chi connectivity index (χ4n) is 2.29. The predicted molar refractivity (Wildman–Crippen MR) is 91.6 cm³/mol. The van der Waals surface area contributed by atoms with E-state index in [-0.39, 0.29) is 6.10 Å². The van der Waals surface area contributed by atoms with Crippen molar-refractivity contribution in [2.24, 2.45) is 0 Å². The van der Waals surface area contributed by atoms with Gasteiger partial charge in [0.25, 0.3) is 0 Å². The molecule has 5 nitrogen and oxygen atoms in total. The van der Waals surface area contributed by atoms with E-state index in [0.717, 1.165) is 28.6 Å². The number of benzene rings is 2. The largest absolute Gasteiger partial charge is 0.491 e. The van der Waals surface area contributed by atoms with Crippen molar-refractivity contribution in [2.75, 3.05) is 0 Å². The number of carbonyl (C=O) groups is 1.